The Labute approximate surface area is 275 Å². The summed E-state index contributed by atoms with van der Waals surface area (Å²) in [6.07, 6.45) is 2.60. The summed E-state index contributed by atoms with van der Waals surface area (Å²) in [5, 5.41) is 12.5. The first-order chi connectivity index (χ1) is 22.9. The first-order valence-corrected chi connectivity index (χ1v) is 15.9. The molecule has 0 spiro atoms. The first kappa shape index (κ1) is 32.2. The number of amides is 1. The Hall–Kier alpha value is -4.73. The number of para-hydroxylation sites is 2. The van der Waals surface area contributed by atoms with Crippen molar-refractivity contribution in [1.82, 2.24) is 20.2 Å². The summed E-state index contributed by atoms with van der Waals surface area (Å²) in [5.74, 6) is -0.177. The molecule has 2 N–H and O–H groups in total. The average molecular weight is 629 g/mol. The average Bonchev–Trinajstić information content (AvgIpc) is 3.11. The number of rotatable bonds is 11. The van der Waals surface area contributed by atoms with Crippen molar-refractivity contribution in [1.29, 1.82) is 0 Å². The highest BCUT2D eigenvalue weighted by Gasteiger charge is 2.38. The third kappa shape index (κ3) is 7.48. The Balaban J connectivity index is 1.19. The van der Waals surface area contributed by atoms with Gasteiger partial charge in [0.25, 0.3) is 5.91 Å². The van der Waals surface area contributed by atoms with E-state index in [1.54, 1.807) is 0 Å². The monoisotopic (exact) mass is 628 g/mol. The van der Waals surface area contributed by atoms with Gasteiger partial charge in [0, 0.05) is 31.1 Å². The quantitative estimate of drug-likeness (QED) is 0.159. The van der Waals surface area contributed by atoms with Gasteiger partial charge in [-0.2, -0.15) is 0 Å². The van der Waals surface area contributed by atoms with Crippen molar-refractivity contribution in [2.24, 2.45) is 5.92 Å². The fourth-order valence-corrected chi connectivity index (χ4v) is 6.04. The molecule has 1 aliphatic heterocycles. The van der Waals surface area contributed by atoms with Crippen LogP contribution in [0.5, 0.6) is 0 Å². The smallest absolute Gasteiger partial charge is 0.271 e. The molecule has 0 bridgehead atoms. The second-order valence-electron chi connectivity index (χ2n) is 12.0. The van der Waals surface area contributed by atoms with Crippen molar-refractivity contribution in [2.75, 3.05) is 20.1 Å². The minimum Gasteiger partial charge on any atom is -0.392 e. The number of aliphatic hydroxyl groups excluding tert-OH is 1. The summed E-state index contributed by atoms with van der Waals surface area (Å²) < 4.78 is 13.2. The molecule has 1 fully saturated rings. The maximum atomic E-state index is 13.0. The zero-order chi connectivity index (χ0) is 32.8. The number of nitrogens with one attached hydrogen (secondary N) is 1. The van der Waals surface area contributed by atoms with E-state index in [1.165, 1.54) is 6.20 Å². The third-order valence-electron chi connectivity index (χ3n) is 8.69. The second-order valence-corrected chi connectivity index (χ2v) is 12.0. The van der Waals surface area contributed by atoms with Crippen molar-refractivity contribution in [3.63, 3.8) is 0 Å². The maximum Gasteiger partial charge on any atom is 0.271 e. The lowest BCUT2D eigenvalue weighted by atomic mass is 9.90. The lowest BCUT2D eigenvalue weighted by Gasteiger charge is -2.42. The molecule has 240 valence electrons. The van der Waals surface area contributed by atoms with E-state index < -0.39 is 6.29 Å². The predicted molar refractivity (Wildman–Crippen MR) is 183 cm³/mol. The van der Waals surface area contributed by atoms with Crippen molar-refractivity contribution in [2.45, 2.75) is 38.6 Å². The molecule has 1 amide bonds. The molecule has 0 unspecified atom stereocenters. The van der Waals surface area contributed by atoms with Gasteiger partial charge in [-0.25, -0.2) is 4.98 Å². The van der Waals surface area contributed by atoms with Crippen molar-refractivity contribution >= 4 is 16.9 Å². The van der Waals surface area contributed by atoms with Crippen molar-refractivity contribution < 1.29 is 19.4 Å². The van der Waals surface area contributed by atoms with Crippen molar-refractivity contribution in [3.8, 4) is 11.1 Å². The standard InChI is InChI=1S/C39H40N4O4/c1-4-21-43(3)24-36-26(2)37(29-15-13-27(25-44)14-16-29)47-39(46-36)30-19-17-28(18-20-30)32-10-6-5-9-31(32)22-41-38(45)35-23-40-33-11-7-8-12-34(33)42-35/h4-20,23,26,36-37,39,44H,1,21-22,24-25H2,2-3H3,(H,41,45)/t26-,36+,37+,39+/m0/s1. The van der Waals surface area contributed by atoms with Gasteiger partial charge in [-0.3, -0.25) is 9.78 Å². The Bertz CT molecular complexity index is 1830. The zero-order valence-electron chi connectivity index (χ0n) is 26.8. The Morgan fingerprint density at radius 2 is 1.64 bits per heavy atom. The summed E-state index contributed by atoms with van der Waals surface area (Å²) >= 11 is 0. The fraction of sp³-hybridized carbons (Fsp3) is 0.256. The minimum absolute atomic E-state index is 0.00303. The number of fused-ring (bicyclic) bond motifs is 1. The summed E-state index contributed by atoms with van der Waals surface area (Å²) in [5.41, 5.74) is 7.59. The number of benzene rings is 4. The topological polar surface area (TPSA) is 96.8 Å². The van der Waals surface area contributed by atoms with Gasteiger partial charge in [-0.1, -0.05) is 97.9 Å². The van der Waals surface area contributed by atoms with Gasteiger partial charge in [0.1, 0.15) is 5.69 Å². The summed E-state index contributed by atoms with van der Waals surface area (Å²) in [6, 6.07) is 31.7. The number of hydrogen-bond acceptors (Lipinski definition) is 7. The number of nitrogens with zero attached hydrogens (tertiary/aromatic N) is 3. The number of carbonyl (C=O) groups is 1. The number of aromatic nitrogens is 2. The van der Waals surface area contributed by atoms with Gasteiger partial charge in [0.2, 0.25) is 0 Å². The molecule has 0 aliphatic carbocycles. The van der Waals surface area contributed by atoms with Crippen molar-refractivity contribution in [3.05, 3.63) is 144 Å². The van der Waals surface area contributed by atoms with Crippen LogP contribution in [-0.2, 0) is 22.6 Å². The van der Waals surface area contributed by atoms with Gasteiger partial charge in [-0.15, -0.1) is 6.58 Å². The van der Waals surface area contributed by atoms with E-state index >= 15 is 0 Å². The molecule has 1 aliphatic rings. The molecule has 0 saturated carbocycles. The van der Waals surface area contributed by atoms with Crippen LogP contribution in [0.1, 0.15) is 52.1 Å². The van der Waals surface area contributed by atoms with Gasteiger partial charge in [0.15, 0.2) is 6.29 Å². The minimum atomic E-state index is -0.553. The van der Waals surface area contributed by atoms with Crippen LogP contribution in [0.25, 0.3) is 22.2 Å². The van der Waals surface area contributed by atoms with Crippen LogP contribution in [0.4, 0.5) is 0 Å². The molecule has 8 heteroatoms. The normalized spacial score (nSPS) is 19.5. The highest BCUT2D eigenvalue weighted by Crippen LogP contribution is 2.42. The summed E-state index contributed by atoms with van der Waals surface area (Å²) in [7, 11) is 2.07. The van der Waals surface area contributed by atoms with Gasteiger partial charge >= 0.3 is 0 Å². The molecule has 4 atom stereocenters. The van der Waals surface area contributed by atoms with Gasteiger partial charge < -0.3 is 24.8 Å². The Morgan fingerprint density at radius 1 is 0.936 bits per heavy atom. The SMILES string of the molecule is C=CCN(C)C[C@H]1O[C@@H](c2ccc(-c3ccccc3CNC(=O)c3cnc4ccccc4n3)cc2)O[C@@H](c2ccc(CO)cc2)[C@H]1C. The van der Waals surface area contributed by atoms with E-state index in [4.69, 9.17) is 9.47 Å². The molecule has 1 aromatic heterocycles. The van der Waals surface area contributed by atoms with Crippen LogP contribution in [0.15, 0.2) is 116 Å². The van der Waals surface area contributed by atoms with Crippen LogP contribution in [0.2, 0.25) is 0 Å². The van der Waals surface area contributed by atoms with Gasteiger partial charge in [0.05, 0.1) is 36.0 Å². The number of hydrogen-bond donors (Lipinski definition) is 2. The number of aliphatic hydroxyl groups is 1. The predicted octanol–water partition coefficient (Wildman–Crippen LogP) is 6.63. The highest BCUT2D eigenvalue weighted by molar-refractivity contribution is 5.93. The molecular weight excluding hydrogens is 588 g/mol. The van der Waals surface area contributed by atoms with E-state index in [2.05, 4.69) is 58.9 Å². The number of likely N-dealkylation sites (N-methyl/N-ethyl adjacent to an activating group) is 1. The Kier molecular flexibility index (Phi) is 10.1. The fourth-order valence-electron chi connectivity index (χ4n) is 6.04. The number of ether oxygens (including phenoxy) is 2. The van der Waals surface area contributed by atoms with Crippen LogP contribution < -0.4 is 5.32 Å². The highest BCUT2D eigenvalue weighted by atomic mass is 16.7. The first-order valence-electron chi connectivity index (χ1n) is 15.9. The number of carbonyl (C=O) groups excluding carboxylic acids is 1. The van der Waals surface area contributed by atoms with Crippen LogP contribution >= 0.6 is 0 Å². The maximum absolute atomic E-state index is 13.0. The van der Waals surface area contributed by atoms with Crippen LogP contribution in [0.3, 0.4) is 0 Å². The molecule has 47 heavy (non-hydrogen) atoms. The largest absolute Gasteiger partial charge is 0.392 e. The Morgan fingerprint density at radius 3 is 2.38 bits per heavy atom. The van der Waals surface area contributed by atoms with Crippen LogP contribution in [0, 0.1) is 5.92 Å². The molecular formula is C39H40N4O4. The van der Waals surface area contributed by atoms with E-state index in [-0.39, 0.29) is 36.3 Å². The molecule has 4 aromatic carbocycles. The molecule has 0 radical (unpaired) electrons. The van der Waals surface area contributed by atoms with Gasteiger partial charge in [-0.05, 0) is 47.0 Å². The zero-order valence-corrected chi connectivity index (χ0v) is 26.8. The summed E-state index contributed by atoms with van der Waals surface area (Å²) in [4.78, 5) is 24.0. The molecule has 5 aromatic rings. The third-order valence-corrected chi connectivity index (χ3v) is 8.69. The van der Waals surface area contributed by atoms with E-state index in [9.17, 15) is 9.90 Å². The van der Waals surface area contributed by atoms with E-state index in [0.29, 0.717) is 12.1 Å². The lowest BCUT2D eigenvalue weighted by Crippen LogP contribution is -2.43. The molecule has 6 rings (SSSR count). The molecule has 1 saturated heterocycles. The second kappa shape index (κ2) is 14.8. The van der Waals surface area contributed by atoms with E-state index in [0.717, 1.165) is 52.0 Å². The van der Waals surface area contributed by atoms with E-state index in [1.807, 2.05) is 84.9 Å². The molecule has 8 nitrogen and oxygen atoms in total. The van der Waals surface area contributed by atoms with Crippen LogP contribution in [-0.4, -0.2) is 52.1 Å². The lowest BCUT2D eigenvalue weighted by molar-refractivity contribution is -0.275. The summed E-state index contributed by atoms with van der Waals surface area (Å²) in [6.45, 7) is 7.89. The molecule has 2 heterocycles.